The summed E-state index contributed by atoms with van der Waals surface area (Å²) in [4.78, 5) is 26.3. The van der Waals surface area contributed by atoms with Gasteiger partial charge in [0.25, 0.3) is 6.01 Å². The lowest BCUT2D eigenvalue weighted by molar-refractivity contribution is -0.147. The predicted molar refractivity (Wildman–Crippen MR) is 67.0 cm³/mol. The number of oxazole rings is 1. The van der Waals surface area contributed by atoms with Gasteiger partial charge in [-0.2, -0.15) is 4.98 Å². The standard InChI is InChI=1S/C12H18N2O5/c1-4-12(3,10(16)17)7-13-11-14-8(6-19-11)9(15)18-5-2/h6H,4-5,7H2,1-3H3,(H,13,14)(H,16,17). The Bertz CT molecular complexity index is 457. The van der Waals surface area contributed by atoms with Gasteiger partial charge >= 0.3 is 11.9 Å². The molecule has 0 amide bonds. The second-order valence-corrected chi connectivity index (χ2v) is 4.33. The summed E-state index contributed by atoms with van der Waals surface area (Å²) in [6, 6.07) is 0.101. The van der Waals surface area contributed by atoms with E-state index in [1.807, 2.05) is 0 Å². The van der Waals surface area contributed by atoms with Gasteiger partial charge in [0, 0.05) is 6.54 Å². The van der Waals surface area contributed by atoms with Crippen molar-refractivity contribution in [2.24, 2.45) is 5.41 Å². The van der Waals surface area contributed by atoms with Crippen LogP contribution in [0.3, 0.4) is 0 Å². The third-order valence-electron chi connectivity index (χ3n) is 2.92. The smallest absolute Gasteiger partial charge is 0.360 e. The number of carboxylic acid groups (broad SMARTS) is 1. The third-order valence-corrected chi connectivity index (χ3v) is 2.92. The van der Waals surface area contributed by atoms with E-state index in [0.29, 0.717) is 6.42 Å². The van der Waals surface area contributed by atoms with Crippen LogP contribution in [0.1, 0.15) is 37.7 Å². The molecule has 0 fully saturated rings. The van der Waals surface area contributed by atoms with Gasteiger partial charge in [-0.15, -0.1) is 0 Å². The van der Waals surface area contributed by atoms with Gasteiger partial charge in [0.15, 0.2) is 5.69 Å². The van der Waals surface area contributed by atoms with E-state index in [1.165, 1.54) is 6.26 Å². The Morgan fingerprint density at radius 1 is 1.53 bits per heavy atom. The van der Waals surface area contributed by atoms with E-state index in [2.05, 4.69) is 10.3 Å². The van der Waals surface area contributed by atoms with Crippen LogP contribution in [-0.4, -0.2) is 35.2 Å². The molecule has 0 aliphatic heterocycles. The number of aromatic nitrogens is 1. The van der Waals surface area contributed by atoms with Crippen molar-refractivity contribution in [3.05, 3.63) is 12.0 Å². The molecule has 1 rings (SSSR count). The molecule has 7 nitrogen and oxygen atoms in total. The zero-order valence-electron chi connectivity index (χ0n) is 11.2. The number of hydrogen-bond donors (Lipinski definition) is 2. The van der Waals surface area contributed by atoms with E-state index in [4.69, 9.17) is 14.3 Å². The van der Waals surface area contributed by atoms with Crippen LogP contribution in [0.4, 0.5) is 6.01 Å². The fourth-order valence-corrected chi connectivity index (χ4v) is 1.28. The normalized spacial score (nSPS) is 13.6. The lowest BCUT2D eigenvalue weighted by atomic mass is 9.88. The molecule has 0 saturated heterocycles. The summed E-state index contributed by atoms with van der Waals surface area (Å²) in [5.74, 6) is -1.48. The summed E-state index contributed by atoms with van der Waals surface area (Å²) in [6.07, 6.45) is 1.63. The van der Waals surface area contributed by atoms with Gasteiger partial charge in [0.1, 0.15) is 6.26 Å². The van der Waals surface area contributed by atoms with Crippen LogP contribution in [0.25, 0.3) is 0 Å². The van der Waals surface area contributed by atoms with Crippen molar-refractivity contribution in [3.63, 3.8) is 0 Å². The molecule has 0 aromatic carbocycles. The first-order valence-corrected chi connectivity index (χ1v) is 6.03. The van der Waals surface area contributed by atoms with Crippen molar-refractivity contribution in [1.29, 1.82) is 0 Å². The zero-order chi connectivity index (χ0) is 14.5. The highest BCUT2D eigenvalue weighted by Gasteiger charge is 2.31. The Morgan fingerprint density at radius 2 is 2.21 bits per heavy atom. The van der Waals surface area contributed by atoms with Gasteiger partial charge in [0.05, 0.1) is 12.0 Å². The number of esters is 1. The largest absolute Gasteiger partial charge is 0.481 e. The molecule has 0 saturated carbocycles. The summed E-state index contributed by atoms with van der Waals surface area (Å²) in [6.45, 7) is 5.51. The molecule has 0 radical (unpaired) electrons. The summed E-state index contributed by atoms with van der Waals surface area (Å²) < 4.78 is 9.80. The van der Waals surface area contributed by atoms with Gasteiger partial charge in [-0.3, -0.25) is 4.79 Å². The van der Waals surface area contributed by atoms with E-state index in [1.54, 1.807) is 20.8 Å². The van der Waals surface area contributed by atoms with E-state index >= 15 is 0 Å². The monoisotopic (exact) mass is 270 g/mol. The highest BCUT2D eigenvalue weighted by atomic mass is 16.5. The van der Waals surface area contributed by atoms with Crippen molar-refractivity contribution >= 4 is 18.0 Å². The first-order valence-electron chi connectivity index (χ1n) is 6.03. The lowest BCUT2D eigenvalue weighted by Gasteiger charge is -2.22. The van der Waals surface area contributed by atoms with Crippen LogP contribution in [-0.2, 0) is 9.53 Å². The Hall–Kier alpha value is -2.05. The fraction of sp³-hybridized carbons (Fsp3) is 0.583. The minimum absolute atomic E-state index is 0.0536. The average Bonchev–Trinajstić information content (AvgIpc) is 2.85. The number of nitrogens with zero attached hydrogens (tertiary/aromatic N) is 1. The van der Waals surface area contributed by atoms with Crippen molar-refractivity contribution in [2.75, 3.05) is 18.5 Å². The number of carbonyl (C=O) groups excluding carboxylic acids is 1. The van der Waals surface area contributed by atoms with Gasteiger partial charge in [-0.05, 0) is 20.3 Å². The van der Waals surface area contributed by atoms with Crippen LogP contribution in [0.5, 0.6) is 0 Å². The maximum atomic E-state index is 11.4. The number of carbonyl (C=O) groups is 2. The molecule has 1 aromatic rings. The van der Waals surface area contributed by atoms with Crippen molar-refractivity contribution < 1.29 is 23.8 Å². The first kappa shape index (κ1) is 15.0. The van der Waals surface area contributed by atoms with E-state index in [0.717, 1.165) is 0 Å². The Balaban J connectivity index is 2.64. The minimum atomic E-state index is -0.918. The van der Waals surface area contributed by atoms with E-state index in [9.17, 15) is 9.59 Å². The number of aliphatic carboxylic acids is 1. The molecule has 7 heteroatoms. The maximum absolute atomic E-state index is 11.4. The van der Waals surface area contributed by atoms with Crippen molar-refractivity contribution in [1.82, 2.24) is 4.98 Å². The van der Waals surface area contributed by atoms with E-state index < -0.39 is 17.4 Å². The average molecular weight is 270 g/mol. The molecule has 1 unspecified atom stereocenters. The molecular weight excluding hydrogens is 252 g/mol. The molecular formula is C12H18N2O5. The molecule has 0 spiro atoms. The quantitative estimate of drug-likeness (QED) is 0.728. The van der Waals surface area contributed by atoms with Crippen LogP contribution in [0.15, 0.2) is 10.7 Å². The van der Waals surface area contributed by atoms with Crippen LogP contribution >= 0.6 is 0 Å². The maximum Gasteiger partial charge on any atom is 0.360 e. The summed E-state index contributed by atoms with van der Waals surface area (Å²) in [7, 11) is 0. The topological polar surface area (TPSA) is 102 Å². The molecule has 2 N–H and O–H groups in total. The second kappa shape index (κ2) is 6.21. The summed E-state index contributed by atoms with van der Waals surface area (Å²) in [5, 5.41) is 11.9. The Labute approximate surface area is 111 Å². The zero-order valence-corrected chi connectivity index (χ0v) is 11.2. The SMILES string of the molecule is CCOC(=O)c1coc(NCC(C)(CC)C(=O)O)n1. The van der Waals surface area contributed by atoms with Crippen LogP contribution in [0, 0.1) is 5.41 Å². The Morgan fingerprint density at radius 3 is 2.74 bits per heavy atom. The highest BCUT2D eigenvalue weighted by molar-refractivity contribution is 5.87. The number of nitrogens with one attached hydrogen (secondary N) is 1. The van der Waals surface area contributed by atoms with Crippen LogP contribution in [0.2, 0.25) is 0 Å². The number of carboxylic acids is 1. The molecule has 0 aliphatic rings. The molecule has 106 valence electrons. The Kier molecular flexibility index (Phi) is 4.91. The third kappa shape index (κ3) is 3.70. The van der Waals surface area contributed by atoms with Gasteiger partial charge in [-0.25, -0.2) is 4.79 Å². The summed E-state index contributed by atoms with van der Waals surface area (Å²) >= 11 is 0. The number of ether oxygens (including phenoxy) is 1. The first-order chi connectivity index (χ1) is 8.92. The van der Waals surface area contributed by atoms with E-state index in [-0.39, 0.29) is 24.9 Å². The molecule has 1 atom stereocenters. The van der Waals surface area contributed by atoms with Crippen molar-refractivity contribution in [2.45, 2.75) is 27.2 Å². The molecule has 0 bridgehead atoms. The number of anilines is 1. The molecule has 1 heterocycles. The fourth-order valence-electron chi connectivity index (χ4n) is 1.28. The number of rotatable bonds is 7. The second-order valence-electron chi connectivity index (χ2n) is 4.33. The predicted octanol–water partition coefficient (Wildman–Crippen LogP) is 1.76. The highest BCUT2D eigenvalue weighted by Crippen LogP contribution is 2.22. The van der Waals surface area contributed by atoms with Gasteiger partial charge in [-0.1, -0.05) is 6.92 Å². The number of hydrogen-bond acceptors (Lipinski definition) is 6. The minimum Gasteiger partial charge on any atom is -0.481 e. The molecule has 19 heavy (non-hydrogen) atoms. The molecule has 1 aromatic heterocycles. The van der Waals surface area contributed by atoms with Gasteiger partial charge in [0.2, 0.25) is 0 Å². The van der Waals surface area contributed by atoms with Crippen LogP contribution < -0.4 is 5.32 Å². The van der Waals surface area contributed by atoms with Crippen molar-refractivity contribution in [3.8, 4) is 0 Å². The molecule has 0 aliphatic carbocycles. The van der Waals surface area contributed by atoms with Gasteiger partial charge < -0.3 is 19.6 Å². The summed E-state index contributed by atoms with van der Waals surface area (Å²) in [5.41, 5.74) is -0.865. The lowest BCUT2D eigenvalue weighted by Crippen LogP contribution is -2.34.